The van der Waals surface area contributed by atoms with E-state index >= 15 is 0 Å². The fourth-order valence-electron chi connectivity index (χ4n) is 4.31. The van der Waals surface area contributed by atoms with Gasteiger partial charge in [-0.3, -0.25) is 0 Å². The first-order valence-corrected chi connectivity index (χ1v) is 9.60. The van der Waals surface area contributed by atoms with Crippen molar-refractivity contribution in [2.75, 3.05) is 36.0 Å². The van der Waals surface area contributed by atoms with E-state index < -0.39 is 0 Å². The minimum Gasteiger partial charge on any atom is -0.356 e. The summed E-state index contributed by atoms with van der Waals surface area (Å²) >= 11 is 0. The van der Waals surface area contributed by atoms with Gasteiger partial charge in [0.1, 0.15) is 18.0 Å². The zero-order chi connectivity index (χ0) is 17.2. The molecule has 132 valence electrons. The highest BCUT2D eigenvalue weighted by Crippen LogP contribution is 2.32. The average molecular weight is 336 g/mol. The van der Waals surface area contributed by atoms with E-state index in [1.54, 1.807) is 6.33 Å². The third-order valence-electron chi connectivity index (χ3n) is 5.70. The number of hydrogen-bond acceptors (Lipinski definition) is 4. The van der Waals surface area contributed by atoms with Crippen molar-refractivity contribution in [2.24, 2.45) is 0 Å². The second-order valence-corrected chi connectivity index (χ2v) is 7.57. The van der Waals surface area contributed by atoms with Crippen LogP contribution in [-0.2, 0) is 0 Å². The number of piperidine rings is 1. The minimum absolute atomic E-state index is 0.606. The molecule has 4 heteroatoms. The van der Waals surface area contributed by atoms with Crippen molar-refractivity contribution in [3.05, 3.63) is 47.3 Å². The van der Waals surface area contributed by atoms with Gasteiger partial charge in [-0.15, -0.1) is 0 Å². The Morgan fingerprint density at radius 1 is 0.880 bits per heavy atom. The lowest BCUT2D eigenvalue weighted by Crippen LogP contribution is -2.30. The van der Waals surface area contributed by atoms with Crippen LogP contribution in [0.1, 0.15) is 48.3 Å². The first-order chi connectivity index (χ1) is 12.2. The highest BCUT2D eigenvalue weighted by atomic mass is 15.2. The molecule has 1 aromatic carbocycles. The Balaban J connectivity index is 1.49. The molecule has 2 aromatic rings. The third kappa shape index (κ3) is 3.48. The minimum atomic E-state index is 0.606. The van der Waals surface area contributed by atoms with E-state index in [2.05, 4.69) is 57.9 Å². The van der Waals surface area contributed by atoms with Crippen LogP contribution in [0.4, 0.5) is 11.6 Å². The molecule has 2 saturated heterocycles. The molecule has 4 rings (SSSR count). The summed E-state index contributed by atoms with van der Waals surface area (Å²) in [6.45, 7) is 8.79. The monoisotopic (exact) mass is 336 g/mol. The predicted octanol–water partition coefficient (Wildman–Crippen LogP) is 4.08. The molecule has 2 aliphatic heterocycles. The first-order valence-electron chi connectivity index (χ1n) is 9.60. The largest absolute Gasteiger partial charge is 0.356 e. The molecule has 1 aromatic heterocycles. The smallest absolute Gasteiger partial charge is 0.134 e. The summed E-state index contributed by atoms with van der Waals surface area (Å²) in [6, 6.07) is 9.05. The fourth-order valence-corrected chi connectivity index (χ4v) is 4.31. The summed E-state index contributed by atoms with van der Waals surface area (Å²) in [5.74, 6) is 2.79. The van der Waals surface area contributed by atoms with E-state index in [1.165, 1.54) is 42.4 Å². The quantitative estimate of drug-likeness (QED) is 0.845. The molecule has 0 bridgehead atoms. The van der Waals surface area contributed by atoms with Crippen LogP contribution in [0, 0.1) is 13.8 Å². The van der Waals surface area contributed by atoms with Crippen molar-refractivity contribution >= 4 is 11.6 Å². The van der Waals surface area contributed by atoms with Gasteiger partial charge in [-0.05, 0) is 50.7 Å². The summed E-state index contributed by atoms with van der Waals surface area (Å²) in [7, 11) is 0. The summed E-state index contributed by atoms with van der Waals surface area (Å²) in [4.78, 5) is 13.9. The number of benzene rings is 1. The number of hydrogen-bond donors (Lipinski definition) is 0. The van der Waals surface area contributed by atoms with Gasteiger partial charge in [-0.25, -0.2) is 9.97 Å². The normalized spacial score (nSPS) is 21.0. The van der Waals surface area contributed by atoms with Crippen LogP contribution in [0.25, 0.3) is 0 Å². The van der Waals surface area contributed by atoms with Crippen LogP contribution in [0.15, 0.2) is 30.6 Å². The van der Waals surface area contributed by atoms with Gasteiger partial charge in [0.15, 0.2) is 0 Å². The van der Waals surface area contributed by atoms with Crippen molar-refractivity contribution < 1.29 is 0 Å². The molecule has 3 heterocycles. The number of anilines is 2. The van der Waals surface area contributed by atoms with Crippen LogP contribution in [0.2, 0.25) is 0 Å². The van der Waals surface area contributed by atoms with Crippen LogP contribution >= 0.6 is 0 Å². The Morgan fingerprint density at radius 2 is 1.64 bits per heavy atom. The molecule has 0 amide bonds. The van der Waals surface area contributed by atoms with Gasteiger partial charge in [0.05, 0.1) is 0 Å². The van der Waals surface area contributed by atoms with Crippen LogP contribution in [0.3, 0.4) is 0 Å². The maximum absolute atomic E-state index is 4.57. The van der Waals surface area contributed by atoms with Crippen molar-refractivity contribution in [3.63, 3.8) is 0 Å². The molecule has 2 fully saturated rings. The lowest BCUT2D eigenvalue weighted by Gasteiger charge is -2.28. The van der Waals surface area contributed by atoms with Gasteiger partial charge in [0.25, 0.3) is 0 Å². The van der Waals surface area contributed by atoms with Gasteiger partial charge >= 0.3 is 0 Å². The highest BCUT2D eigenvalue weighted by Gasteiger charge is 2.26. The number of nitrogens with zero attached hydrogens (tertiary/aromatic N) is 4. The number of rotatable bonds is 3. The van der Waals surface area contributed by atoms with E-state index in [-0.39, 0.29) is 0 Å². The molecule has 0 radical (unpaired) electrons. The van der Waals surface area contributed by atoms with E-state index in [0.717, 1.165) is 37.8 Å². The molecule has 0 aliphatic carbocycles. The van der Waals surface area contributed by atoms with E-state index in [4.69, 9.17) is 0 Å². The van der Waals surface area contributed by atoms with E-state index in [0.29, 0.717) is 5.92 Å². The molecular weight excluding hydrogens is 308 g/mol. The van der Waals surface area contributed by atoms with Crippen molar-refractivity contribution in [3.8, 4) is 0 Å². The van der Waals surface area contributed by atoms with Crippen LogP contribution < -0.4 is 9.80 Å². The molecule has 4 nitrogen and oxygen atoms in total. The Kier molecular flexibility index (Phi) is 4.60. The van der Waals surface area contributed by atoms with Gasteiger partial charge in [-0.1, -0.05) is 23.8 Å². The topological polar surface area (TPSA) is 32.3 Å². The van der Waals surface area contributed by atoms with Gasteiger partial charge in [0, 0.05) is 38.2 Å². The van der Waals surface area contributed by atoms with Crippen LogP contribution in [0.5, 0.6) is 0 Å². The first kappa shape index (κ1) is 16.4. The Hall–Kier alpha value is -2.10. The van der Waals surface area contributed by atoms with Gasteiger partial charge in [-0.2, -0.15) is 0 Å². The zero-order valence-electron chi connectivity index (χ0n) is 15.4. The molecule has 25 heavy (non-hydrogen) atoms. The lowest BCUT2D eigenvalue weighted by molar-refractivity contribution is 0.573. The lowest BCUT2D eigenvalue weighted by atomic mass is 9.93. The summed E-state index contributed by atoms with van der Waals surface area (Å²) in [6.07, 6.45) is 6.84. The van der Waals surface area contributed by atoms with Crippen molar-refractivity contribution in [1.82, 2.24) is 9.97 Å². The second kappa shape index (κ2) is 7.03. The number of aryl methyl sites for hydroxylation is 2. The molecule has 2 aliphatic rings. The molecule has 1 atom stereocenters. The summed E-state index contributed by atoms with van der Waals surface area (Å²) in [5.41, 5.74) is 4.26. The van der Waals surface area contributed by atoms with E-state index in [1.807, 2.05) is 0 Å². The fraction of sp³-hybridized carbons (Fsp3) is 0.524. The summed E-state index contributed by atoms with van der Waals surface area (Å²) in [5, 5.41) is 0. The molecule has 0 N–H and O–H groups in total. The standard InChI is InChI=1S/C21H28N4/c1-16-6-7-19(17(2)12-16)18-8-11-25(14-18)21-13-20(22-15-23-21)24-9-4-3-5-10-24/h6-7,12-13,15,18H,3-5,8-11,14H2,1-2H3. The zero-order valence-corrected chi connectivity index (χ0v) is 15.4. The average Bonchev–Trinajstić information content (AvgIpc) is 3.12. The van der Waals surface area contributed by atoms with E-state index in [9.17, 15) is 0 Å². The SMILES string of the molecule is Cc1ccc(C2CCN(c3cc(N4CCCCC4)ncn3)C2)c(C)c1. The maximum Gasteiger partial charge on any atom is 0.134 e. The number of aromatic nitrogens is 2. The molecule has 0 spiro atoms. The second-order valence-electron chi connectivity index (χ2n) is 7.57. The van der Waals surface area contributed by atoms with Crippen LogP contribution in [-0.4, -0.2) is 36.1 Å². The van der Waals surface area contributed by atoms with Gasteiger partial charge < -0.3 is 9.80 Å². The van der Waals surface area contributed by atoms with Crippen molar-refractivity contribution in [2.45, 2.75) is 45.4 Å². The summed E-state index contributed by atoms with van der Waals surface area (Å²) < 4.78 is 0. The van der Waals surface area contributed by atoms with Crippen molar-refractivity contribution in [1.29, 1.82) is 0 Å². The molecular formula is C21H28N4. The Morgan fingerprint density at radius 3 is 2.40 bits per heavy atom. The highest BCUT2D eigenvalue weighted by molar-refractivity contribution is 5.51. The maximum atomic E-state index is 4.57. The third-order valence-corrected chi connectivity index (χ3v) is 5.70. The molecule has 0 saturated carbocycles. The van der Waals surface area contributed by atoms with Gasteiger partial charge in [0.2, 0.25) is 0 Å². The Labute approximate surface area is 150 Å². The Bertz CT molecular complexity index is 736. The predicted molar refractivity (Wildman–Crippen MR) is 104 cm³/mol. The molecule has 1 unspecified atom stereocenters.